The molecule has 0 fully saturated rings. The highest BCUT2D eigenvalue weighted by Gasteiger charge is 2.09. The summed E-state index contributed by atoms with van der Waals surface area (Å²) < 4.78 is 5.42. The van der Waals surface area contributed by atoms with Gasteiger partial charge in [-0.3, -0.25) is 15.4 Å². The zero-order valence-corrected chi connectivity index (χ0v) is 13.1. The van der Waals surface area contributed by atoms with Gasteiger partial charge in [-0.1, -0.05) is 23.3 Å². The van der Waals surface area contributed by atoms with Crippen molar-refractivity contribution in [2.75, 3.05) is 11.9 Å². The molecule has 0 unspecified atom stereocenters. The molecule has 0 saturated carbocycles. The van der Waals surface area contributed by atoms with Gasteiger partial charge in [0.05, 0.1) is 6.54 Å². The molecule has 0 aliphatic heterocycles. The number of tetrazole rings is 1. The molecule has 0 spiro atoms. The van der Waals surface area contributed by atoms with Crippen LogP contribution in [-0.2, 0) is 11.3 Å². The van der Waals surface area contributed by atoms with Gasteiger partial charge in [-0.2, -0.15) is 4.80 Å². The molecule has 0 atom stereocenters. The van der Waals surface area contributed by atoms with Crippen LogP contribution in [0.4, 0.5) is 5.95 Å². The molecule has 0 aliphatic rings. The monoisotopic (exact) mass is 320 g/mol. The third-order valence-electron chi connectivity index (χ3n) is 2.67. The number of rotatable bonds is 5. The molecular weight excluding hydrogens is 304 g/mol. The van der Waals surface area contributed by atoms with Crippen molar-refractivity contribution in [2.45, 2.75) is 20.4 Å². The third kappa shape index (κ3) is 4.48. The second-order valence-electron chi connectivity index (χ2n) is 4.36. The van der Waals surface area contributed by atoms with Gasteiger partial charge in [0.15, 0.2) is 11.7 Å². The molecule has 8 nitrogen and oxygen atoms in total. The van der Waals surface area contributed by atoms with Gasteiger partial charge in [0.2, 0.25) is 0 Å². The average molecular weight is 320 g/mol. The topological polar surface area (TPSA) is 94.0 Å². The summed E-state index contributed by atoms with van der Waals surface area (Å²) in [5.74, 6) is 0.514. The molecular formula is C13H16N6O2S. The molecule has 0 saturated heterocycles. The Balaban J connectivity index is 1.79. The maximum atomic E-state index is 11.8. The molecule has 116 valence electrons. The maximum absolute atomic E-state index is 11.8. The van der Waals surface area contributed by atoms with Gasteiger partial charge in [-0.05, 0) is 42.9 Å². The van der Waals surface area contributed by atoms with Gasteiger partial charge in [0, 0.05) is 0 Å². The normalized spacial score (nSPS) is 10.1. The van der Waals surface area contributed by atoms with E-state index in [-0.39, 0.29) is 23.6 Å². The van der Waals surface area contributed by atoms with Crippen LogP contribution in [0.1, 0.15) is 12.5 Å². The summed E-state index contributed by atoms with van der Waals surface area (Å²) in [5.41, 5.74) is 0.955. The lowest BCUT2D eigenvalue weighted by Crippen LogP contribution is -2.37. The molecule has 1 amide bonds. The molecule has 9 heteroatoms. The van der Waals surface area contributed by atoms with Crippen LogP contribution in [0.5, 0.6) is 5.75 Å². The molecule has 2 aromatic rings. The largest absolute Gasteiger partial charge is 0.483 e. The van der Waals surface area contributed by atoms with Crippen molar-refractivity contribution in [3.05, 3.63) is 29.8 Å². The maximum Gasteiger partial charge on any atom is 0.269 e. The smallest absolute Gasteiger partial charge is 0.269 e. The number of carbonyl (C=O) groups excluding carboxylic acids is 1. The minimum Gasteiger partial charge on any atom is -0.483 e. The first-order chi connectivity index (χ1) is 10.6. The summed E-state index contributed by atoms with van der Waals surface area (Å²) in [6, 6.07) is 7.45. The van der Waals surface area contributed by atoms with E-state index >= 15 is 0 Å². The highest BCUT2D eigenvalue weighted by molar-refractivity contribution is 7.80. The van der Waals surface area contributed by atoms with Gasteiger partial charge in [0.1, 0.15) is 5.75 Å². The van der Waals surface area contributed by atoms with Gasteiger partial charge in [-0.15, -0.1) is 5.10 Å². The Morgan fingerprint density at radius 3 is 2.86 bits per heavy atom. The lowest BCUT2D eigenvalue weighted by Gasteiger charge is -2.09. The third-order valence-corrected chi connectivity index (χ3v) is 2.87. The predicted octanol–water partition coefficient (Wildman–Crippen LogP) is 0.893. The second kappa shape index (κ2) is 7.46. The van der Waals surface area contributed by atoms with E-state index in [0.29, 0.717) is 12.3 Å². The molecule has 2 rings (SSSR count). The number of para-hydroxylation sites is 1. The number of amides is 1. The summed E-state index contributed by atoms with van der Waals surface area (Å²) in [6.45, 7) is 4.25. The minimum absolute atomic E-state index is 0.0917. The van der Waals surface area contributed by atoms with Crippen LogP contribution in [-0.4, -0.2) is 37.8 Å². The van der Waals surface area contributed by atoms with Gasteiger partial charge in [-0.25, -0.2) is 0 Å². The van der Waals surface area contributed by atoms with E-state index in [1.54, 1.807) is 6.07 Å². The molecule has 0 radical (unpaired) electrons. The van der Waals surface area contributed by atoms with Crippen molar-refractivity contribution in [1.82, 2.24) is 25.5 Å². The molecule has 22 heavy (non-hydrogen) atoms. The SMILES string of the molecule is CCn1nnc(NC(=S)NC(=O)COc2ccccc2C)n1. The van der Waals surface area contributed by atoms with Crippen molar-refractivity contribution < 1.29 is 9.53 Å². The number of aryl methyl sites for hydroxylation is 2. The van der Waals surface area contributed by atoms with Crippen LogP contribution in [0.25, 0.3) is 0 Å². The predicted molar refractivity (Wildman–Crippen MR) is 84.5 cm³/mol. The quantitative estimate of drug-likeness (QED) is 0.790. The Morgan fingerprint density at radius 2 is 2.18 bits per heavy atom. The Morgan fingerprint density at radius 1 is 1.41 bits per heavy atom. The first kappa shape index (κ1) is 15.8. The molecule has 0 bridgehead atoms. The molecule has 2 N–H and O–H groups in total. The Kier molecular flexibility index (Phi) is 5.37. The highest BCUT2D eigenvalue weighted by atomic mass is 32.1. The number of hydrogen-bond donors (Lipinski definition) is 2. The standard InChI is InChI=1S/C13H16N6O2S/c1-3-19-17-12(16-18-19)15-13(22)14-11(20)8-21-10-7-5-4-6-9(10)2/h4-7H,3,8H2,1-2H3,(H2,14,15,17,20,22). The number of carbonyl (C=O) groups is 1. The highest BCUT2D eigenvalue weighted by Crippen LogP contribution is 2.15. The Bertz CT molecular complexity index is 672. The first-order valence-electron chi connectivity index (χ1n) is 6.65. The lowest BCUT2D eigenvalue weighted by atomic mass is 10.2. The molecule has 1 heterocycles. The number of thiocarbonyl (C=S) groups is 1. The van der Waals surface area contributed by atoms with Crippen LogP contribution in [0, 0.1) is 6.92 Å². The van der Waals surface area contributed by atoms with Crippen molar-refractivity contribution in [2.24, 2.45) is 0 Å². The Hall–Kier alpha value is -2.55. The van der Waals surface area contributed by atoms with Crippen LogP contribution in [0.3, 0.4) is 0 Å². The molecule has 1 aromatic heterocycles. The van der Waals surface area contributed by atoms with E-state index in [9.17, 15) is 4.79 Å². The number of aromatic nitrogens is 4. The minimum atomic E-state index is -0.372. The van der Waals surface area contributed by atoms with Crippen molar-refractivity contribution in [3.8, 4) is 5.75 Å². The fraction of sp³-hybridized carbons (Fsp3) is 0.308. The molecule has 0 aliphatic carbocycles. The average Bonchev–Trinajstić information content (AvgIpc) is 2.93. The lowest BCUT2D eigenvalue weighted by molar-refractivity contribution is -0.121. The van der Waals surface area contributed by atoms with E-state index in [1.807, 2.05) is 32.0 Å². The van der Waals surface area contributed by atoms with Crippen molar-refractivity contribution >= 4 is 29.2 Å². The zero-order valence-electron chi connectivity index (χ0n) is 12.2. The zero-order chi connectivity index (χ0) is 15.9. The summed E-state index contributed by atoms with van der Waals surface area (Å²) in [7, 11) is 0. The van der Waals surface area contributed by atoms with Gasteiger partial charge >= 0.3 is 0 Å². The number of benzene rings is 1. The van der Waals surface area contributed by atoms with Crippen molar-refractivity contribution in [3.63, 3.8) is 0 Å². The van der Waals surface area contributed by atoms with E-state index < -0.39 is 0 Å². The van der Waals surface area contributed by atoms with E-state index in [0.717, 1.165) is 5.56 Å². The summed E-state index contributed by atoms with van der Waals surface area (Å²) in [6.07, 6.45) is 0. The van der Waals surface area contributed by atoms with E-state index in [1.165, 1.54) is 4.80 Å². The fourth-order valence-electron chi connectivity index (χ4n) is 1.58. The second-order valence-corrected chi connectivity index (χ2v) is 4.77. The van der Waals surface area contributed by atoms with Crippen LogP contribution in [0.15, 0.2) is 24.3 Å². The number of anilines is 1. The van der Waals surface area contributed by atoms with Crippen LogP contribution >= 0.6 is 12.2 Å². The van der Waals surface area contributed by atoms with Gasteiger partial charge < -0.3 is 4.74 Å². The van der Waals surface area contributed by atoms with Crippen LogP contribution in [0.2, 0.25) is 0 Å². The summed E-state index contributed by atoms with van der Waals surface area (Å²) in [4.78, 5) is 13.2. The summed E-state index contributed by atoms with van der Waals surface area (Å²) in [5, 5.41) is 16.8. The van der Waals surface area contributed by atoms with Crippen LogP contribution < -0.4 is 15.4 Å². The van der Waals surface area contributed by atoms with Crippen molar-refractivity contribution in [1.29, 1.82) is 0 Å². The fourth-order valence-corrected chi connectivity index (χ4v) is 1.79. The number of nitrogens with zero attached hydrogens (tertiary/aromatic N) is 4. The van der Waals surface area contributed by atoms with E-state index in [2.05, 4.69) is 26.0 Å². The number of hydrogen-bond acceptors (Lipinski definition) is 6. The Labute approximate surface area is 132 Å². The van der Waals surface area contributed by atoms with Gasteiger partial charge in [0.25, 0.3) is 11.9 Å². The van der Waals surface area contributed by atoms with E-state index in [4.69, 9.17) is 17.0 Å². The number of nitrogens with one attached hydrogen (secondary N) is 2. The summed E-state index contributed by atoms with van der Waals surface area (Å²) >= 11 is 5.00. The first-order valence-corrected chi connectivity index (χ1v) is 7.06. The molecule has 1 aromatic carbocycles. The number of ether oxygens (including phenoxy) is 1.